The SMILES string of the molecule is Cc1ccc(C(CC(=O)O)c2ccc3c(c2)CC(C)(C)C3=O)cc1CN1CC(C)Oc2ccccc2S1(O)O. The lowest BCUT2D eigenvalue weighted by atomic mass is 9.85. The van der Waals surface area contributed by atoms with Crippen LogP contribution in [0.15, 0.2) is 65.6 Å². The van der Waals surface area contributed by atoms with E-state index in [1.807, 2.05) is 70.2 Å². The van der Waals surface area contributed by atoms with Gasteiger partial charge in [0.25, 0.3) is 0 Å². The van der Waals surface area contributed by atoms with E-state index in [4.69, 9.17) is 4.74 Å². The lowest BCUT2D eigenvalue weighted by Crippen LogP contribution is -2.33. The molecule has 1 aliphatic carbocycles. The van der Waals surface area contributed by atoms with E-state index in [0.717, 1.165) is 27.8 Å². The van der Waals surface area contributed by atoms with Crippen LogP contribution in [0, 0.1) is 12.3 Å². The van der Waals surface area contributed by atoms with Crippen molar-refractivity contribution in [1.29, 1.82) is 0 Å². The van der Waals surface area contributed by atoms with Crippen molar-refractivity contribution < 1.29 is 28.5 Å². The molecule has 2 unspecified atom stereocenters. The number of carboxylic acids is 1. The molecule has 0 fully saturated rings. The lowest BCUT2D eigenvalue weighted by Gasteiger charge is -2.42. The Morgan fingerprint density at radius 3 is 2.54 bits per heavy atom. The molecule has 3 aromatic rings. The molecule has 0 aromatic heterocycles. The van der Waals surface area contributed by atoms with Crippen LogP contribution in [0.1, 0.15) is 71.3 Å². The molecule has 8 heteroatoms. The number of para-hydroxylation sites is 1. The first-order valence-electron chi connectivity index (χ1n) is 13.1. The van der Waals surface area contributed by atoms with Crippen molar-refractivity contribution in [2.24, 2.45) is 5.41 Å². The van der Waals surface area contributed by atoms with Crippen molar-refractivity contribution in [2.75, 3.05) is 6.54 Å². The molecule has 3 aromatic carbocycles. The number of benzene rings is 3. The number of nitrogens with zero attached hydrogens (tertiary/aromatic N) is 1. The molecule has 0 saturated carbocycles. The third-order valence-corrected chi connectivity index (χ3v) is 9.74. The van der Waals surface area contributed by atoms with Gasteiger partial charge in [0.2, 0.25) is 0 Å². The van der Waals surface area contributed by atoms with Gasteiger partial charge < -0.3 is 9.84 Å². The van der Waals surface area contributed by atoms with Gasteiger partial charge in [0, 0.05) is 23.4 Å². The Bertz CT molecular complexity index is 1450. The molecule has 0 saturated heterocycles. The fourth-order valence-corrected chi connectivity index (χ4v) is 7.36. The van der Waals surface area contributed by atoms with Crippen molar-refractivity contribution in [3.05, 3.63) is 94.0 Å². The maximum absolute atomic E-state index is 12.7. The van der Waals surface area contributed by atoms with Crippen LogP contribution in [0.3, 0.4) is 0 Å². The number of Topliss-reactive ketones (excluding diaryl/α,β-unsaturated/α-hetero) is 1. The summed E-state index contributed by atoms with van der Waals surface area (Å²) >= 11 is 0. The van der Waals surface area contributed by atoms with Gasteiger partial charge in [-0.3, -0.25) is 18.7 Å². The van der Waals surface area contributed by atoms with Crippen LogP contribution in [0.25, 0.3) is 0 Å². The molecule has 0 amide bonds. The first kappa shape index (κ1) is 27.4. The molecule has 0 bridgehead atoms. The van der Waals surface area contributed by atoms with E-state index in [-0.39, 0.29) is 24.9 Å². The summed E-state index contributed by atoms with van der Waals surface area (Å²) in [6, 6.07) is 18.6. The predicted octanol–water partition coefficient (Wildman–Crippen LogP) is 6.67. The molecule has 0 spiro atoms. The summed E-state index contributed by atoms with van der Waals surface area (Å²) in [5, 5.41) is 9.79. The van der Waals surface area contributed by atoms with E-state index >= 15 is 0 Å². The molecule has 7 nitrogen and oxygen atoms in total. The minimum atomic E-state index is -3.31. The van der Waals surface area contributed by atoms with Crippen molar-refractivity contribution in [2.45, 2.75) is 64.0 Å². The summed E-state index contributed by atoms with van der Waals surface area (Å²) in [7, 11) is -3.31. The Hall–Kier alpha value is -3.17. The van der Waals surface area contributed by atoms with Crippen molar-refractivity contribution >= 4 is 22.5 Å². The van der Waals surface area contributed by atoms with Crippen LogP contribution in [0.4, 0.5) is 0 Å². The third-order valence-electron chi connectivity index (χ3n) is 7.82. The number of carboxylic acid groups (broad SMARTS) is 1. The number of hydrogen-bond donors (Lipinski definition) is 3. The van der Waals surface area contributed by atoms with E-state index in [1.54, 1.807) is 22.5 Å². The first-order valence-corrected chi connectivity index (χ1v) is 14.6. The number of ether oxygens (including phenoxy) is 1. The summed E-state index contributed by atoms with van der Waals surface area (Å²) in [4.78, 5) is 25.1. The molecular weight excluding hydrogens is 514 g/mol. The molecule has 3 N–H and O–H groups in total. The molecule has 206 valence electrons. The minimum Gasteiger partial charge on any atom is -0.487 e. The zero-order chi connectivity index (χ0) is 28.1. The van der Waals surface area contributed by atoms with E-state index in [2.05, 4.69) is 0 Å². The molecule has 1 aliphatic heterocycles. The topological polar surface area (TPSA) is 107 Å². The molecule has 0 radical (unpaired) electrons. The number of fused-ring (bicyclic) bond motifs is 2. The Balaban J connectivity index is 1.50. The van der Waals surface area contributed by atoms with Gasteiger partial charge in [-0.05, 0) is 60.2 Å². The zero-order valence-corrected chi connectivity index (χ0v) is 23.5. The molecule has 2 atom stereocenters. The summed E-state index contributed by atoms with van der Waals surface area (Å²) in [6.45, 7) is 8.31. The quantitative estimate of drug-likeness (QED) is 0.315. The highest BCUT2D eigenvalue weighted by atomic mass is 32.3. The van der Waals surface area contributed by atoms with Crippen molar-refractivity contribution in [3.63, 3.8) is 0 Å². The second-order valence-electron chi connectivity index (χ2n) is 11.4. The van der Waals surface area contributed by atoms with Gasteiger partial charge in [-0.25, -0.2) is 0 Å². The number of carbonyl (C=O) groups is 2. The average Bonchev–Trinajstić information content (AvgIpc) is 3.04. The van der Waals surface area contributed by atoms with E-state index in [1.165, 1.54) is 0 Å². The summed E-state index contributed by atoms with van der Waals surface area (Å²) < 4.78 is 30.3. The highest BCUT2D eigenvalue weighted by Gasteiger charge is 2.38. The fraction of sp³-hybridized carbons (Fsp3) is 0.355. The van der Waals surface area contributed by atoms with Gasteiger partial charge in [0.05, 0.1) is 13.0 Å². The van der Waals surface area contributed by atoms with Crippen LogP contribution in [-0.2, 0) is 17.8 Å². The smallest absolute Gasteiger partial charge is 0.304 e. The number of rotatable bonds is 6. The number of aliphatic carboxylic acids is 1. The Morgan fingerprint density at radius 2 is 1.79 bits per heavy atom. The highest BCUT2D eigenvalue weighted by molar-refractivity contribution is 8.22. The Labute approximate surface area is 230 Å². The number of hydrogen-bond acceptors (Lipinski definition) is 6. The number of ketones is 1. The predicted molar refractivity (Wildman–Crippen MR) is 152 cm³/mol. The van der Waals surface area contributed by atoms with Gasteiger partial charge in [0.1, 0.15) is 16.7 Å². The monoisotopic (exact) mass is 549 g/mol. The maximum atomic E-state index is 12.7. The Morgan fingerprint density at radius 1 is 1.10 bits per heavy atom. The maximum Gasteiger partial charge on any atom is 0.304 e. The normalized spacial score (nSPS) is 21.3. The van der Waals surface area contributed by atoms with Crippen LogP contribution in [0.5, 0.6) is 5.75 Å². The summed E-state index contributed by atoms with van der Waals surface area (Å²) in [5.41, 5.74) is 4.74. The second kappa shape index (κ2) is 10.1. The third kappa shape index (κ3) is 5.22. The minimum absolute atomic E-state index is 0.101. The van der Waals surface area contributed by atoms with Crippen LogP contribution < -0.4 is 4.74 Å². The first-order chi connectivity index (χ1) is 18.4. The van der Waals surface area contributed by atoms with Gasteiger partial charge in [-0.2, -0.15) is 4.31 Å². The van der Waals surface area contributed by atoms with Crippen molar-refractivity contribution in [3.8, 4) is 5.75 Å². The molecule has 5 rings (SSSR count). The van der Waals surface area contributed by atoms with E-state index in [9.17, 15) is 23.8 Å². The number of carbonyl (C=O) groups excluding carboxylic acids is 1. The van der Waals surface area contributed by atoms with Gasteiger partial charge in [-0.1, -0.05) is 62.4 Å². The molecule has 2 aliphatic rings. The van der Waals surface area contributed by atoms with Crippen LogP contribution in [-0.4, -0.2) is 42.9 Å². The van der Waals surface area contributed by atoms with Gasteiger partial charge >= 0.3 is 5.97 Å². The zero-order valence-electron chi connectivity index (χ0n) is 22.7. The average molecular weight is 550 g/mol. The molecule has 39 heavy (non-hydrogen) atoms. The fourth-order valence-electron chi connectivity index (χ4n) is 5.70. The highest BCUT2D eigenvalue weighted by Crippen LogP contribution is 2.57. The van der Waals surface area contributed by atoms with Crippen LogP contribution in [0.2, 0.25) is 0 Å². The van der Waals surface area contributed by atoms with Gasteiger partial charge in [-0.15, -0.1) is 10.8 Å². The Kier molecular flexibility index (Phi) is 7.09. The molecular formula is C31H35NO6S. The van der Waals surface area contributed by atoms with Gasteiger partial charge in [0.15, 0.2) is 5.78 Å². The lowest BCUT2D eigenvalue weighted by molar-refractivity contribution is -0.137. The van der Waals surface area contributed by atoms with Crippen LogP contribution >= 0.6 is 10.8 Å². The van der Waals surface area contributed by atoms with E-state index in [0.29, 0.717) is 29.2 Å². The summed E-state index contributed by atoms with van der Waals surface area (Å²) in [5.74, 6) is -0.743. The largest absolute Gasteiger partial charge is 0.487 e. The standard InChI is InChI=1S/C31H35NO6S/c1-19-9-10-21(26(15-29(33)34)22-11-12-25-23(13-22)16-31(3,4)30(25)35)14-24(19)18-32-17-20(2)38-27-7-5-6-8-28(27)39(32,36)37/h5-14,20,26,36-37H,15-18H2,1-4H3,(H,33,34). The van der Waals surface area contributed by atoms with E-state index < -0.39 is 28.1 Å². The van der Waals surface area contributed by atoms with Crippen molar-refractivity contribution in [1.82, 2.24) is 4.31 Å². The number of aryl methyl sites for hydroxylation is 1. The summed E-state index contributed by atoms with van der Waals surface area (Å²) in [6.07, 6.45) is 0.264. The second-order valence-corrected chi connectivity index (χ2v) is 13.4. The molecule has 1 heterocycles.